The van der Waals surface area contributed by atoms with E-state index < -0.39 is 97.5 Å². The SMILES string of the molecule is CCCCCCCCCCCCCCCCCCCCCC(=O)O[C@H](COC(=O)CCCCCCCCCCCCCCCCCC)COP(=O)(O)OC[C@@H](O)COP(=O)(O)OC[C@@H](COC(=O)CCCCCCC)OC(=O)CCCCCCCCCCCCCCC(C)C. The predicted molar refractivity (Wildman–Crippen MR) is 386 cm³/mol. The van der Waals surface area contributed by atoms with Gasteiger partial charge >= 0.3 is 39.5 Å². The van der Waals surface area contributed by atoms with Crippen LogP contribution >= 0.6 is 15.6 Å². The number of carbonyl (C=O) groups is 4. The van der Waals surface area contributed by atoms with E-state index in [-0.39, 0.29) is 25.7 Å². The highest BCUT2D eigenvalue weighted by molar-refractivity contribution is 7.47. The largest absolute Gasteiger partial charge is 0.472 e. The lowest BCUT2D eigenvalue weighted by atomic mass is 10.0. The zero-order valence-corrected chi connectivity index (χ0v) is 63.6. The topological polar surface area (TPSA) is 237 Å². The first-order chi connectivity index (χ1) is 46.0. The zero-order chi connectivity index (χ0) is 69.8. The predicted octanol–water partition coefficient (Wildman–Crippen LogP) is 22.5. The Morgan fingerprint density at radius 1 is 0.284 bits per heavy atom. The van der Waals surface area contributed by atoms with Crippen molar-refractivity contribution in [1.29, 1.82) is 0 Å². The van der Waals surface area contributed by atoms with Crippen LogP contribution in [-0.2, 0) is 65.4 Å². The molecule has 0 aromatic rings. The monoisotopic (exact) mass is 1400 g/mol. The van der Waals surface area contributed by atoms with E-state index in [0.29, 0.717) is 25.7 Å². The van der Waals surface area contributed by atoms with Gasteiger partial charge in [-0.1, -0.05) is 349 Å². The molecule has 0 saturated carbocycles. The van der Waals surface area contributed by atoms with Gasteiger partial charge in [0.05, 0.1) is 26.4 Å². The molecule has 95 heavy (non-hydrogen) atoms. The summed E-state index contributed by atoms with van der Waals surface area (Å²) in [5, 5.41) is 10.6. The van der Waals surface area contributed by atoms with E-state index in [9.17, 15) is 43.2 Å². The Bertz CT molecular complexity index is 1820. The molecule has 0 saturated heterocycles. The van der Waals surface area contributed by atoms with Crippen LogP contribution in [-0.4, -0.2) is 96.7 Å². The highest BCUT2D eigenvalue weighted by atomic mass is 31.2. The fourth-order valence-corrected chi connectivity index (χ4v) is 13.3. The molecule has 0 bridgehead atoms. The van der Waals surface area contributed by atoms with Gasteiger partial charge in [-0.3, -0.25) is 37.3 Å². The van der Waals surface area contributed by atoms with Gasteiger partial charge in [-0.2, -0.15) is 0 Å². The Balaban J connectivity index is 5.13. The Morgan fingerprint density at radius 2 is 0.484 bits per heavy atom. The van der Waals surface area contributed by atoms with Gasteiger partial charge < -0.3 is 33.8 Å². The molecule has 0 rings (SSSR count). The number of ether oxygens (including phenoxy) is 4. The van der Waals surface area contributed by atoms with E-state index >= 15 is 0 Å². The summed E-state index contributed by atoms with van der Waals surface area (Å²) in [6.07, 6.45) is 58.7. The molecule has 0 aliphatic carbocycles. The van der Waals surface area contributed by atoms with Gasteiger partial charge in [0.15, 0.2) is 12.2 Å². The number of aliphatic hydroxyl groups excluding tert-OH is 1. The summed E-state index contributed by atoms with van der Waals surface area (Å²) in [5.74, 6) is -1.35. The maximum absolute atomic E-state index is 13.1. The van der Waals surface area contributed by atoms with Gasteiger partial charge in [0.2, 0.25) is 0 Å². The molecular formula is C76H148O17P2. The number of phosphoric ester groups is 2. The summed E-state index contributed by atoms with van der Waals surface area (Å²) >= 11 is 0. The van der Waals surface area contributed by atoms with Crippen LogP contribution < -0.4 is 0 Å². The van der Waals surface area contributed by atoms with Crippen molar-refractivity contribution in [3.05, 3.63) is 0 Å². The van der Waals surface area contributed by atoms with Crippen LogP contribution in [0.15, 0.2) is 0 Å². The van der Waals surface area contributed by atoms with Crippen LogP contribution in [0.1, 0.15) is 401 Å². The molecule has 0 aromatic heterocycles. The standard InChI is InChI=1S/C76H148O17P2/c1-6-9-12-15-17-19-21-23-25-27-28-29-31-33-38-42-46-51-56-62-76(81)93-72(66-87-74(79)60-55-50-45-41-37-32-30-26-24-22-20-18-16-13-10-7-2)68-91-95(84,85)89-64-70(77)63-88-94(82,83)90-67-71(65-86-73(78)59-54-48-14-11-8-3)92-75(80)61-57-52-47-43-39-35-34-36-40-44-49-53-58-69(4)5/h69-72,77H,6-68H2,1-5H3,(H,82,83)(H,84,85)/t70-,71+,72+/m0/s1. The van der Waals surface area contributed by atoms with Crippen molar-refractivity contribution >= 4 is 39.5 Å². The van der Waals surface area contributed by atoms with Crippen LogP contribution in [0.25, 0.3) is 0 Å². The molecular weight excluding hydrogens is 1250 g/mol. The van der Waals surface area contributed by atoms with Crippen molar-refractivity contribution in [2.24, 2.45) is 5.92 Å². The van der Waals surface area contributed by atoms with Gasteiger partial charge in [-0.15, -0.1) is 0 Å². The van der Waals surface area contributed by atoms with Crippen molar-refractivity contribution in [2.45, 2.75) is 419 Å². The van der Waals surface area contributed by atoms with Crippen molar-refractivity contribution in [2.75, 3.05) is 39.6 Å². The maximum Gasteiger partial charge on any atom is 0.472 e. The van der Waals surface area contributed by atoms with Gasteiger partial charge in [0, 0.05) is 25.7 Å². The zero-order valence-electron chi connectivity index (χ0n) is 61.8. The number of aliphatic hydroxyl groups is 1. The van der Waals surface area contributed by atoms with Gasteiger partial charge in [0.25, 0.3) is 0 Å². The Morgan fingerprint density at radius 3 is 0.716 bits per heavy atom. The molecule has 0 spiro atoms. The lowest BCUT2D eigenvalue weighted by molar-refractivity contribution is -0.161. The Kier molecular flexibility index (Phi) is 67.7. The second-order valence-corrected chi connectivity index (χ2v) is 30.8. The molecule has 0 aromatic carbocycles. The van der Waals surface area contributed by atoms with Gasteiger partial charge in [-0.05, 0) is 31.6 Å². The molecule has 564 valence electrons. The highest BCUT2D eigenvalue weighted by Crippen LogP contribution is 2.45. The summed E-state index contributed by atoms with van der Waals surface area (Å²) in [6, 6.07) is 0. The minimum atomic E-state index is -4.95. The van der Waals surface area contributed by atoms with Crippen molar-refractivity contribution in [3.63, 3.8) is 0 Å². The fraction of sp³-hybridized carbons (Fsp3) is 0.947. The number of unbranched alkanes of at least 4 members (excludes halogenated alkanes) is 48. The molecule has 0 radical (unpaired) electrons. The van der Waals surface area contributed by atoms with Gasteiger partial charge in [0.1, 0.15) is 19.3 Å². The van der Waals surface area contributed by atoms with Crippen molar-refractivity contribution < 1.29 is 80.2 Å². The number of phosphoric acid groups is 2. The summed E-state index contributed by atoms with van der Waals surface area (Å²) in [4.78, 5) is 72.5. The lowest BCUT2D eigenvalue weighted by Gasteiger charge is -2.21. The minimum Gasteiger partial charge on any atom is -0.462 e. The third-order valence-electron chi connectivity index (χ3n) is 17.8. The molecule has 0 heterocycles. The number of rotatable bonds is 76. The maximum atomic E-state index is 13.1. The molecule has 0 aliphatic rings. The highest BCUT2D eigenvalue weighted by Gasteiger charge is 2.30. The molecule has 5 atom stereocenters. The first kappa shape index (κ1) is 93.1. The molecule has 0 fully saturated rings. The number of carbonyl (C=O) groups excluding carboxylic acids is 4. The van der Waals surface area contributed by atoms with E-state index in [1.807, 2.05) is 0 Å². The molecule has 3 N–H and O–H groups in total. The molecule has 0 aliphatic heterocycles. The van der Waals surface area contributed by atoms with Crippen LogP contribution in [0.3, 0.4) is 0 Å². The van der Waals surface area contributed by atoms with E-state index in [1.54, 1.807) is 0 Å². The second-order valence-electron chi connectivity index (χ2n) is 27.9. The van der Waals surface area contributed by atoms with Gasteiger partial charge in [-0.25, -0.2) is 9.13 Å². The normalized spacial score (nSPS) is 13.9. The van der Waals surface area contributed by atoms with Crippen LogP contribution in [0.2, 0.25) is 0 Å². The summed E-state index contributed by atoms with van der Waals surface area (Å²) in [7, 11) is -9.90. The third kappa shape index (κ3) is 70.3. The molecule has 19 heteroatoms. The summed E-state index contributed by atoms with van der Waals surface area (Å²) in [6.45, 7) is 7.22. The summed E-state index contributed by atoms with van der Waals surface area (Å²) in [5.41, 5.74) is 0. The van der Waals surface area contributed by atoms with Crippen LogP contribution in [0.5, 0.6) is 0 Å². The second kappa shape index (κ2) is 69.2. The number of esters is 4. The van der Waals surface area contributed by atoms with E-state index in [1.165, 1.54) is 218 Å². The third-order valence-corrected chi connectivity index (χ3v) is 19.7. The molecule has 17 nitrogen and oxygen atoms in total. The van der Waals surface area contributed by atoms with Crippen LogP contribution in [0, 0.1) is 5.92 Å². The molecule has 0 amide bonds. The van der Waals surface area contributed by atoms with E-state index in [2.05, 4.69) is 34.6 Å². The number of hydrogen-bond acceptors (Lipinski definition) is 15. The average molecular weight is 1400 g/mol. The number of hydrogen-bond donors (Lipinski definition) is 3. The quantitative estimate of drug-likeness (QED) is 0.0222. The van der Waals surface area contributed by atoms with Crippen LogP contribution in [0.4, 0.5) is 0 Å². The van der Waals surface area contributed by atoms with E-state index in [0.717, 1.165) is 102 Å². The van der Waals surface area contributed by atoms with Crippen molar-refractivity contribution in [1.82, 2.24) is 0 Å². The summed E-state index contributed by atoms with van der Waals surface area (Å²) < 4.78 is 68.3. The Hall–Kier alpha value is -1.94. The smallest absolute Gasteiger partial charge is 0.462 e. The molecule has 2 unspecified atom stereocenters. The van der Waals surface area contributed by atoms with E-state index in [4.69, 9.17) is 37.0 Å². The van der Waals surface area contributed by atoms with Crippen molar-refractivity contribution in [3.8, 4) is 0 Å². The first-order valence-electron chi connectivity index (χ1n) is 39.6. The minimum absolute atomic E-state index is 0.106. The Labute approximate surface area is 581 Å². The lowest BCUT2D eigenvalue weighted by Crippen LogP contribution is -2.30. The fourth-order valence-electron chi connectivity index (χ4n) is 11.7. The first-order valence-corrected chi connectivity index (χ1v) is 42.6. The average Bonchev–Trinajstić information content (AvgIpc) is 1.65.